The number of hydrogen-bond acceptors (Lipinski definition) is 2. The predicted molar refractivity (Wildman–Crippen MR) is 44.4 cm³/mol. The molecule has 1 atom stereocenters. The van der Waals surface area contributed by atoms with Gasteiger partial charge in [-0.1, -0.05) is 20.3 Å². The number of aldehydes is 2. The van der Waals surface area contributed by atoms with Gasteiger partial charge in [0.1, 0.15) is 12.6 Å². The van der Waals surface area contributed by atoms with Crippen LogP contribution in [-0.4, -0.2) is 12.6 Å². The minimum atomic E-state index is -0.365. The van der Waals surface area contributed by atoms with Gasteiger partial charge in [-0.15, -0.1) is 0 Å². The van der Waals surface area contributed by atoms with E-state index in [1.54, 1.807) is 0 Å². The zero-order chi connectivity index (χ0) is 8.74. The maximum absolute atomic E-state index is 10.7. The van der Waals surface area contributed by atoms with Crippen LogP contribution in [0.15, 0.2) is 0 Å². The molecule has 0 bridgehead atoms. The van der Waals surface area contributed by atoms with Crippen molar-refractivity contribution >= 4 is 12.6 Å². The monoisotopic (exact) mass is 156 g/mol. The molecular weight excluding hydrogens is 140 g/mol. The van der Waals surface area contributed by atoms with Gasteiger partial charge in [-0.2, -0.15) is 0 Å². The number of rotatable bonds is 6. The van der Waals surface area contributed by atoms with Gasteiger partial charge < -0.3 is 9.59 Å². The Morgan fingerprint density at radius 2 is 1.91 bits per heavy atom. The van der Waals surface area contributed by atoms with E-state index in [-0.39, 0.29) is 5.41 Å². The molecule has 0 saturated heterocycles. The molecule has 0 N–H and O–H groups in total. The van der Waals surface area contributed by atoms with Crippen LogP contribution in [0.25, 0.3) is 0 Å². The number of carbonyl (C=O) groups is 2. The van der Waals surface area contributed by atoms with Crippen molar-refractivity contribution in [2.45, 2.75) is 39.5 Å². The molecule has 1 unspecified atom stereocenters. The SMILES string of the molecule is CCCC(C=O)(CC)CC=O. The summed E-state index contributed by atoms with van der Waals surface area (Å²) >= 11 is 0. The third kappa shape index (κ3) is 2.83. The standard InChI is InChI=1S/C9H16O2/c1-3-5-9(4-2,8-11)6-7-10/h7-8H,3-6H2,1-2H3. The van der Waals surface area contributed by atoms with E-state index in [0.717, 1.165) is 31.8 Å². The fraction of sp³-hybridized carbons (Fsp3) is 0.778. The third-order valence-electron chi connectivity index (χ3n) is 2.19. The lowest BCUT2D eigenvalue weighted by Crippen LogP contribution is -2.21. The van der Waals surface area contributed by atoms with Crippen LogP contribution < -0.4 is 0 Å². The smallest absolute Gasteiger partial charge is 0.126 e. The van der Waals surface area contributed by atoms with E-state index in [4.69, 9.17) is 0 Å². The summed E-state index contributed by atoms with van der Waals surface area (Å²) in [7, 11) is 0. The summed E-state index contributed by atoms with van der Waals surface area (Å²) in [6.45, 7) is 3.98. The normalized spacial score (nSPS) is 15.5. The number of carbonyl (C=O) groups excluding carboxylic acids is 2. The Hall–Kier alpha value is -0.660. The van der Waals surface area contributed by atoms with E-state index in [9.17, 15) is 9.59 Å². The van der Waals surface area contributed by atoms with Crippen molar-refractivity contribution < 1.29 is 9.59 Å². The zero-order valence-corrected chi connectivity index (χ0v) is 7.30. The molecule has 0 aliphatic heterocycles. The van der Waals surface area contributed by atoms with E-state index in [1.165, 1.54) is 0 Å². The second-order valence-corrected chi connectivity index (χ2v) is 2.95. The Bertz CT molecular complexity index is 132. The second-order valence-electron chi connectivity index (χ2n) is 2.95. The molecule has 0 aromatic rings. The van der Waals surface area contributed by atoms with Crippen molar-refractivity contribution in [1.29, 1.82) is 0 Å². The molecule has 0 heterocycles. The van der Waals surface area contributed by atoms with Gasteiger partial charge in [0.05, 0.1) is 0 Å². The van der Waals surface area contributed by atoms with E-state index < -0.39 is 0 Å². The molecular formula is C9H16O2. The molecule has 0 radical (unpaired) electrons. The lowest BCUT2D eigenvalue weighted by Gasteiger charge is -2.22. The minimum Gasteiger partial charge on any atom is -0.303 e. The fourth-order valence-electron chi connectivity index (χ4n) is 1.28. The average Bonchev–Trinajstić information content (AvgIpc) is 2.04. The Morgan fingerprint density at radius 3 is 2.18 bits per heavy atom. The van der Waals surface area contributed by atoms with Crippen molar-refractivity contribution in [2.75, 3.05) is 0 Å². The van der Waals surface area contributed by atoms with Crippen LogP contribution in [0, 0.1) is 5.41 Å². The van der Waals surface area contributed by atoms with Gasteiger partial charge in [-0.25, -0.2) is 0 Å². The van der Waals surface area contributed by atoms with Gasteiger partial charge in [-0.3, -0.25) is 0 Å². The maximum Gasteiger partial charge on any atom is 0.126 e. The Balaban J connectivity index is 4.18. The molecule has 11 heavy (non-hydrogen) atoms. The van der Waals surface area contributed by atoms with Crippen LogP contribution in [0.5, 0.6) is 0 Å². The van der Waals surface area contributed by atoms with Gasteiger partial charge >= 0.3 is 0 Å². The van der Waals surface area contributed by atoms with Gasteiger partial charge in [0, 0.05) is 11.8 Å². The summed E-state index contributed by atoms with van der Waals surface area (Å²) in [6.07, 6.45) is 4.70. The third-order valence-corrected chi connectivity index (χ3v) is 2.19. The van der Waals surface area contributed by atoms with Crippen LogP contribution >= 0.6 is 0 Å². The first-order chi connectivity index (χ1) is 5.24. The molecule has 2 nitrogen and oxygen atoms in total. The topological polar surface area (TPSA) is 34.1 Å². The molecule has 0 saturated carbocycles. The van der Waals surface area contributed by atoms with Crippen molar-refractivity contribution in [3.63, 3.8) is 0 Å². The quantitative estimate of drug-likeness (QED) is 0.551. The highest BCUT2D eigenvalue weighted by molar-refractivity contribution is 5.66. The molecule has 0 amide bonds. The van der Waals surface area contributed by atoms with E-state index in [0.29, 0.717) is 6.42 Å². The summed E-state index contributed by atoms with van der Waals surface area (Å²) in [5.41, 5.74) is -0.365. The lowest BCUT2D eigenvalue weighted by atomic mass is 9.80. The highest BCUT2D eigenvalue weighted by atomic mass is 16.1. The minimum absolute atomic E-state index is 0.365. The fourth-order valence-corrected chi connectivity index (χ4v) is 1.28. The number of hydrogen-bond donors (Lipinski definition) is 0. The van der Waals surface area contributed by atoms with Crippen LogP contribution in [0.2, 0.25) is 0 Å². The molecule has 0 fully saturated rings. The summed E-state index contributed by atoms with van der Waals surface area (Å²) in [5, 5.41) is 0. The van der Waals surface area contributed by atoms with Crippen molar-refractivity contribution in [2.24, 2.45) is 5.41 Å². The van der Waals surface area contributed by atoms with Crippen LogP contribution in [-0.2, 0) is 9.59 Å². The molecule has 0 aromatic heterocycles. The molecule has 0 spiro atoms. The Labute approximate surface area is 68.0 Å². The van der Waals surface area contributed by atoms with Gasteiger partial charge in [0.25, 0.3) is 0 Å². The summed E-state index contributed by atoms with van der Waals surface area (Å²) in [4.78, 5) is 20.9. The summed E-state index contributed by atoms with van der Waals surface area (Å²) in [5.74, 6) is 0. The lowest BCUT2D eigenvalue weighted by molar-refractivity contribution is -0.121. The van der Waals surface area contributed by atoms with Crippen molar-refractivity contribution in [1.82, 2.24) is 0 Å². The van der Waals surface area contributed by atoms with Crippen LogP contribution in [0.4, 0.5) is 0 Å². The van der Waals surface area contributed by atoms with E-state index in [1.807, 2.05) is 13.8 Å². The molecule has 0 aliphatic carbocycles. The van der Waals surface area contributed by atoms with Crippen molar-refractivity contribution in [3.8, 4) is 0 Å². The van der Waals surface area contributed by atoms with Gasteiger partial charge in [0.15, 0.2) is 0 Å². The first-order valence-electron chi connectivity index (χ1n) is 4.14. The first-order valence-corrected chi connectivity index (χ1v) is 4.14. The Kier molecular flexibility index (Phi) is 4.75. The Morgan fingerprint density at radius 1 is 1.27 bits per heavy atom. The largest absolute Gasteiger partial charge is 0.303 e. The molecule has 0 rings (SSSR count). The van der Waals surface area contributed by atoms with E-state index in [2.05, 4.69) is 0 Å². The van der Waals surface area contributed by atoms with Crippen LogP contribution in [0.1, 0.15) is 39.5 Å². The highest BCUT2D eigenvalue weighted by Gasteiger charge is 2.25. The molecule has 64 valence electrons. The van der Waals surface area contributed by atoms with Gasteiger partial charge in [0.2, 0.25) is 0 Å². The second kappa shape index (κ2) is 5.05. The molecule has 0 aliphatic rings. The average molecular weight is 156 g/mol. The highest BCUT2D eigenvalue weighted by Crippen LogP contribution is 2.28. The summed E-state index contributed by atoms with van der Waals surface area (Å²) < 4.78 is 0. The summed E-state index contributed by atoms with van der Waals surface area (Å²) in [6, 6.07) is 0. The van der Waals surface area contributed by atoms with E-state index >= 15 is 0 Å². The zero-order valence-electron chi connectivity index (χ0n) is 7.30. The first kappa shape index (κ1) is 10.3. The molecule has 2 heteroatoms. The van der Waals surface area contributed by atoms with Crippen molar-refractivity contribution in [3.05, 3.63) is 0 Å². The molecule has 0 aromatic carbocycles. The predicted octanol–water partition coefficient (Wildman–Crippen LogP) is 1.97. The maximum atomic E-state index is 10.7. The van der Waals surface area contributed by atoms with Gasteiger partial charge in [-0.05, 0) is 12.8 Å². The van der Waals surface area contributed by atoms with Crippen LogP contribution in [0.3, 0.4) is 0 Å².